The summed E-state index contributed by atoms with van der Waals surface area (Å²) >= 11 is 0. The van der Waals surface area contributed by atoms with Crippen LogP contribution in [0.3, 0.4) is 0 Å². The van der Waals surface area contributed by atoms with Crippen molar-refractivity contribution in [2.45, 2.75) is 45.1 Å². The molecule has 0 aliphatic heterocycles. The third kappa shape index (κ3) is 4.31. The molecule has 2 atom stereocenters. The van der Waals surface area contributed by atoms with Gasteiger partial charge in [0.2, 0.25) is 0 Å². The summed E-state index contributed by atoms with van der Waals surface area (Å²) < 4.78 is 5.44. The Kier molecular flexibility index (Phi) is 6.76. The molecule has 0 saturated heterocycles. The molecule has 18 heavy (non-hydrogen) atoms. The van der Waals surface area contributed by atoms with Crippen molar-refractivity contribution in [3.05, 3.63) is 29.8 Å². The van der Waals surface area contributed by atoms with Crippen LogP contribution >= 0.6 is 0 Å². The fourth-order valence-electron chi connectivity index (χ4n) is 2.18. The molecule has 102 valence electrons. The van der Waals surface area contributed by atoms with Gasteiger partial charge in [0.1, 0.15) is 5.75 Å². The van der Waals surface area contributed by atoms with Gasteiger partial charge in [0.25, 0.3) is 0 Å². The minimum atomic E-state index is 0.146. The van der Waals surface area contributed by atoms with Gasteiger partial charge >= 0.3 is 0 Å². The quantitative estimate of drug-likeness (QED) is 0.745. The highest BCUT2D eigenvalue weighted by atomic mass is 16.5. The van der Waals surface area contributed by atoms with Gasteiger partial charge in [-0.3, -0.25) is 0 Å². The average Bonchev–Trinajstić information content (AvgIpc) is 2.39. The number of rotatable bonds is 8. The van der Waals surface area contributed by atoms with Gasteiger partial charge in [0.05, 0.1) is 6.61 Å². The number of ether oxygens (including phenoxy) is 1. The first kappa shape index (κ1) is 15.0. The molecule has 0 spiro atoms. The number of hydrogen-bond donors (Lipinski definition) is 2. The smallest absolute Gasteiger partial charge is 0.119 e. The van der Waals surface area contributed by atoms with Crippen LogP contribution in [0.25, 0.3) is 0 Å². The van der Waals surface area contributed by atoms with Crippen LogP contribution in [0.1, 0.15) is 44.6 Å². The van der Waals surface area contributed by atoms with E-state index < -0.39 is 0 Å². The second kappa shape index (κ2) is 8.11. The summed E-state index contributed by atoms with van der Waals surface area (Å²) in [5.74, 6) is 1.14. The molecule has 1 aromatic rings. The van der Waals surface area contributed by atoms with Gasteiger partial charge in [0, 0.05) is 18.5 Å². The van der Waals surface area contributed by atoms with Crippen molar-refractivity contribution in [2.75, 3.05) is 13.2 Å². The Bertz CT molecular complexity index is 324. The molecule has 1 aromatic carbocycles. The van der Waals surface area contributed by atoms with Crippen LogP contribution in [0.4, 0.5) is 0 Å². The van der Waals surface area contributed by atoms with E-state index in [4.69, 9.17) is 16.2 Å². The highest BCUT2D eigenvalue weighted by Gasteiger charge is 2.17. The summed E-state index contributed by atoms with van der Waals surface area (Å²) in [7, 11) is 0. The van der Waals surface area contributed by atoms with E-state index in [0.717, 1.165) is 18.6 Å². The van der Waals surface area contributed by atoms with Gasteiger partial charge in [-0.2, -0.15) is 0 Å². The van der Waals surface area contributed by atoms with Crippen molar-refractivity contribution in [3.63, 3.8) is 0 Å². The van der Waals surface area contributed by atoms with Gasteiger partial charge in [-0.1, -0.05) is 31.9 Å². The molecule has 0 fully saturated rings. The predicted octanol–water partition coefficient (Wildman–Crippen LogP) is 2.65. The van der Waals surface area contributed by atoms with Gasteiger partial charge < -0.3 is 16.2 Å². The standard InChI is InChI=1S/C15H26N2O/c1-3-5-6-15(17)14(11-16)12-7-9-13(10-8-12)18-4-2/h7-10,14-15H,3-6,11,16-17H2,1-2H3. The average molecular weight is 250 g/mol. The summed E-state index contributed by atoms with van der Waals surface area (Å²) in [6.45, 7) is 5.45. The van der Waals surface area contributed by atoms with Crippen LogP contribution in [0.2, 0.25) is 0 Å². The van der Waals surface area contributed by atoms with Crippen molar-refractivity contribution in [2.24, 2.45) is 11.5 Å². The molecule has 0 saturated carbocycles. The van der Waals surface area contributed by atoms with E-state index in [1.807, 2.05) is 19.1 Å². The number of hydrogen-bond acceptors (Lipinski definition) is 3. The number of nitrogens with two attached hydrogens (primary N) is 2. The van der Waals surface area contributed by atoms with Crippen molar-refractivity contribution >= 4 is 0 Å². The molecule has 4 N–H and O–H groups in total. The highest BCUT2D eigenvalue weighted by molar-refractivity contribution is 5.30. The van der Waals surface area contributed by atoms with Crippen LogP contribution in [-0.4, -0.2) is 19.2 Å². The lowest BCUT2D eigenvalue weighted by molar-refractivity contribution is 0.340. The zero-order valence-electron chi connectivity index (χ0n) is 11.6. The maximum absolute atomic E-state index is 6.23. The summed E-state index contributed by atoms with van der Waals surface area (Å²) in [6.07, 6.45) is 3.37. The van der Waals surface area contributed by atoms with E-state index >= 15 is 0 Å². The third-order valence-electron chi connectivity index (χ3n) is 3.28. The Morgan fingerprint density at radius 1 is 1.17 bits per heavy atom. The Balaban J connectivity index is 2.69. The van der Waals surface area contributed by atoms with E-state index in [1.165, 1.54) is 12.0 Å². The Morgan fingerprint density at radius 2 is 1.83 bits per heavy atom. The van der Waals surface area contributed by atoms with Gasteiger partial charge in [-0.25, -0.2) is 0 Å². The summed E-state index contributed by atoms with van der Waals surface area (Å²) in [6, 6.07) is 8.29. The van der Waals surface area contributed by atoms with Crippen LogP contribution in [0.5, 0.6) is 5.75 Å². The third-order valence-corrected chi connectivity index (χ3v) is 3.28. The maximum atomic E-state index is 6.23. The monoisotopic (exact) mass is 250 g/mol. The van der Waals surface area contributed by atoms with Crippen LogP contribution < -0.4 is 16.2 Å². The molecule has 0 aliphatic carbocycles. The molecular weight excluding hydrogens is 224 g/mol. The van der Waals surface area contributed by atoms with E-state index in [1.54, 1.807) is 0 Å². The van der Waals surface area contributed by atoms with Crippen molar-refractivity contribution < 1.29 is 4.74 Å². The zero-order valence-corrected chi connectivity index (χ0v) is 11.6. The molecule has 2 unspecified atom stereocenters. The molecule has 0 bridgehead atoms. The van der Waals surface area contributed by atoms with Crippen LogP contribution in [0.15, 0.2) is 24.3 Å². The van der Waals surface area contributed by atoms with Crippen LogP contribution in [-0.2, 0) is 0 Å². The lowest BCUT2D eigenvalue weighted by atomic mass is 9.89. The first-order valence-electron chi connectivity index (χ1n) is 6.91. The summed E-state index contributed by atoms with van der Waals surface area (Å²) in [5, 5.41) is 0. The minimum absolute atomic E-state index is 0.146. The molecule has 0 radical (unpaired) electrons. The number of unbranched alkanes of at least 4 members (excludes halogenated alkanes) is 1. The second-order valence-electron chi connectivity index (χ2n) is 4.65. The predicted molar refractivity (Wildman–Crippen MR) is 76.9 cm³/mol. The molecule has 0 aromatic heterocycles. The largest absolute Gasteiger partial charge is 0.494 e. The fourth-order valence-corrected chi connectivity index (χ4v) is 2.18. The molecular formula is C15H26N2O. The van der Waals surface area contributed by atoms with Crippen molar-refractivity contribution in [3.8, 4) is 5.75 Å². The molecule has 1 rings (SSSR count). The molecule has 0 heterocycles. The summed E-state index contributed by atoms with van der Waals surface area (Å²) in [5.41, 5.74) is 13.3. The first-order chi connectivity index (χ1) is 8.72. The normalized spacial score (nSPS) is 14.2. The minimum Gasteiger partial charge on any atom is -0.494 e. The molecule has 3 nitrogen and oxygen atoms in total. The Morgan fingerprint density at radius 3 is 2.33 bits per heavy atom. The number of benzene rings is 1. The molecule has 0 amide bonds. The van der Waals surface area contributed by atoms with Gasteiger partial charge in [-0.15, -0.1) is 0 Å². The topological polar surface area (TPSA) is 61.3 Å². The van der Waals surface area contributed by atoms with E-state index in [-0.39, 0.29) is 12.0 Å². The van der Waals surface area contributed by atoms with Gasteiger partial charge in [-0.05, 0) is 31.0 Å². The lowest BCUT2D eigenvalue weighted by Gasteiger charge is -2.23. The second-order valence-corrected chi connectivity index (χ2v) is 4.65. The molecule has 3 heteroatoms. The van der Waals surface area contributed by atoms with E-state index in [9.17, 15) is 0 Å². The maximum Gasteiger partial charge on any atom is 0.119 e. The van der Waals surface area contributed by atoms with Crippen molar-refractivity contribution in [1.82, 2.24) is 0 Å². The van der Waals surface area contributed by atoms with E-state index in [0.29, 0.717) is 13.2 Å². The summed E-state index contributed by atoms with van der Waals surface area (Å²) in [4.78, 5) is 0. The lowest BCUT2D eigenvalue weighted by Crippen LogP contribution is -2.33. The SMILES string of the molecule is CCCCC(N)C(CN)c1ccc(OCC)cc1. The van der Waals surface area contributed by atoms with Crippen molar-refractivity contribution in [1.29, 1.82) is 0 Å². The Labute approximate surface area is 111 Å². The molecule has 0 aliphatic rings. The fraction of sp³-hybridized carbons (Fsp3) is 0.600. The zero-order chi connectivity index (χ0) is 13.4. The van der Waals surface area contributed by atoms with Gasteiger partial charge in [0.15, 0.2) is 0 Å². The highest BCUT2D eigenvalue weighted by Crippen LogP contribution is 2.23. The first-order valence-corrected chi connectivity index (χ1v) is 6.91. The van der Waals surface area contributed by atoms with E-state index in [2.05, 4.69) is 19.1 Å². The Hall–Kier alpha value is -1.06. The van der Waals surface area contributed by atoms with Crippen LogP contribution in [0, 0.1) is 0 Å².